The molecule has 4 saturated heterocycles. The average molecular weight is 1240 g/mol. The number of amides is 8. The van der Waals surface area contributed by atoms with E-state index < -0.39 is 58.4 Å². The van der Waals surface area contributed by atoms with Gasteiger partial charge in [-0.1, -0.05) is 31.9 Å². The van der Waals surface area contributed by atoms with E-state index in [-0.39, 0.29) is 72.7 Å². The Kier molecular flexibility index (Phi) is 17.3. The van der Waals surface area contributed by atoms with Gasteiger partial charge < -0.3 is 59.0 Å². The minimum Gasteiger partial charge on any atom is -0.505 e. The van der Waals surface area contributed by atoms with Gasteiger partial charge >= 0.3 is 12.1 Å². The lowest BCUT2D eigenvalue weighted by Gasteiger charge is -2.34. The molecular formula is C58H64BrClF2N12O10. The van der Waals surface area contributed by atoms with Gasteiger partial charge in [-0.3, -0.25) is 29.8 Å². The summed E-state index contributed by atoms with van der Waals surface area (Å²) in [5.41, 5.74) is -1.55. The number of nitrogens with zero attached hydrogens (tertiary/aromatic N) is 8. The summed E-state index contributed by atoms with van der Waals surface area (Å²) in [7, 11) is 0. The number of aromatic hydroxyl groups is 1. The number of benzene rings is 2. The highest BCUT2D eigenvalue weighted by Gasteiger charge is 2.54. The summed E-state index contributed by atoms with van der Waals surface area (Å²) in [6.45, 7) is 14.7. The Morgan fingerprint density at radius 3 is 1.65 bits per heavy atom. The Balaban J connectivity index is 0.000000156. The first-order valence-electron chi connectivity index (χ1n) is 27.9. The fraction of sp³-hybridized carbons (Fsp3) is 0.448. The number of piperazine rings is 2. The Bertz CT molecular complexity index is 3460. The number of fused-ring (bicyclic) bond motifs is 3. The van der Waals surface area contributed by atoms with Crippen molar-refractivity contribution in [2.75, 3.05) is 102 Å². The third kappa shape index (κ3) is 12.1. The predicted molar refractivity (Wildman–Crippen MR) is 309 cm³/mol. The zero-order valence-electron chi connectivity index (χ0n) is 46.3. The molecule has 2 atom stereocenters. The number of carbonyl (C=O) groups excluding carboxylic acids is 6. The van der Waals surface area contributed by atoms with Gasteiger partial charge in [-0.25, -0.2) is 28.3 Å². The van der Waals surface area contributed by atoms with Crippen molar-refractivity contribution in [2.45, 2.75) is 63.7 Å². The first-order valence-corrected chi connectivity index (χ1v) is 28.7. The molecule has 0 bridgehead atoms. The number of terminal acetylenes is 1. The van der Waals surface area contributed by atoms with Crippen LogP contribution in [0.15, 0.2) is 63.6 Å². The Morgan fingerprint density at radius 1 is 0.690 bits per heavy atom. The highest BCUT2D eigenvalue weighted by atomic mass is 79.9. The largest absolute Gasteiger partial charge is 0.505 e. The van der Waals surface area contributed by atoms with Gasteiger partial charge in [0.2, 0.25) is 0 Å². The second kappa shape index (κ2) is 24.4. The number of hydrogen-bond acceptors (Lipinski definition) is 16. The summed E-state index contributed by atoms with van der Waals surface area (Å²) in [6, 6.07) is 13.8. The van der Waals surface area contributed by atoms with E-state index in [1.165, 1.54) is 21.9 Å². The summed E-state index contributed by atoms with van der Waals surface area (Å²) >= 11 is 3.24. The minimum absolute atomic E-state index is 0. The molecule has 9 heterocycles. The summed E-state index contributed by atoms with van der Waals surface area (Å²) in [5, 5.41) is 18.8. The van der Waals surface area contributed by atoms with Crippen molar-refractivity contribution < 1.29 is 56.5 Å². The van der Waals surface area contributed by atoms with E-state index in [0.717, 1.165) is 103 Å². The van der Waals surface area contributed by atoms with Crippen LogP contribution in [0.2, 0.25) is 0 Å². The third-order valence-electron chi connectivity index (χ3n) is 16.3. The molecule has 0 radical (unpaired) electrons. The number of pyridine rings is 2. The number of ether oxygens (including phenoxy) is 2. The molecule has 2 aliphatic carbocycles. The molecule has 0 unspecified atom stereocenters. The van der Waals surface area contributed by atoms with Gasteiger partial charge in [0.05, 0.1) is 37.4 Å². The Labute approximate surface area is 497 Å². The summed E-state index contributed by atoms with van der Waals surface area (Å²) < 4.78 is 47.8. The van der Waals surface area contributed by atoms with Gasteiger partial charge in [-0.15, -0.1) is 18.8 Å². The van der Waals surface area contributed by atoms with E-state index in [0.29, 0.717) is 51.9 Å². The monoisotopic (exact) mass is 1240 g/mol. The zero-order chi connectivity index (χ0) is 58.3. The smallest absolute Gasteiger partial charge is 0.323 e. The van der Waals surface area contributed by atoms with Crippen LogP contribution in [-0.2, 0) is 28.2 Å². The lowest BCUT2D eigenvalue weighted by atomic mass is 9.95. The van der Waals surface area contributed by atoms with Crippen LogP contribution in [0.4, 0.5) is 30.0 Å². The van der Waals surface area contributed by atoms with Gasteiger partial charge in [-0.2, -0.15) is 0 Å². The van der Waals surface area contributed by atoms with Crippen LogP contribution in [-0.4, -0.2) is 168 Å². The van der Waals surface area contributed by atoms with Crippen LogP contribution in [0.5, 0.6) is 17.2 Å². The minimum atomic E-state index is -1.70. The van der Waals surface area contributed by atoms with E-state index in [2.05, 4.69) is 81.5 Å². The second-order valence-electron chi connectivity index (χ2n) is 21.9. The molecule has 5 N–H and O–H groups in total. The maximum atomic E-state index is 15.4. The molecule has 444 valence electrons. The summed E-state index contributed by atoms with van der Waals surface area (Å²) in [4.78, 5) is 96.2. The van der Waals surface area contributed by atoms with Gasteiger partial charge in [-0.05, 0) is 114 Å². The van der Waals surface area contributed by atoms with Gasteiger partial charge in [0.1, 0.15) is 33.3 Å². The zero-order valence-corrected chi connectivity index (χ0v) is 48.7. The fourth-order valence-corrected chi connectivity index (χ4v) is 11.2. The molecule has 8 amide bonds. The quantitative estimate of drug-likeness (QED) is 0.0495. The Morgan fingerprint density at radius 2 is 1.19 bits per heavy atom. The normalized spacial score (nSPS) is 22.0. The topological polar surface area (TPSA) is 248 Å². The summed E-state index contributed by atoms with van der Waals surface area (Å²) in [5.74, 6) is 1.35. The van der Waals surface area contributed by atoms with Gasteiger partial charge in [0, 0.05) is 71.5 Å². The number of hydrogen-bond donors (Lipinski definition) is 5. The lowest BCUT2D eigenvalue weighted by Crippen LogP contribution is -2.54. The van der Waals surface area contributed by atoms with Crippen LogP contribution in [0.1, 0.15) is 77.1 Å². The van der Waals surface area contributed by atoms with Gasteiger partial charge in [0.25, 0.3) is 23.6 Å². The number of carbonyl (C=O) groups is 6. The lowest BCUT2D eigenvalue weighted by molar-refractivity contribution is -0.125. The molecular weight excluding hydrogens is 1180 g/mol. The number of furan rings is 1. The molecule has 2 aromatic carbocycles. The van der Waals surface area contributed by atoms with Crippen molar-refractivity contribution in [1.82, 2.24) is 50.8 Å². The molecule has 6 aliphatic heterocycles. The number of nitrogens with one attached hydrogen (secondary N) is 4. The predicted octanol–water partition coefficient (Wildman–Crippen LogP) is 5.48. The maximum absolute atomic E-state index is 15.4. The SMILES string of the molecule is C#C[C@@]1(CN2Cc3ccc(OCC4CC4)c(F)c3C2=O)NC(=O)NC1=O.CCN1CCN(c2ccc(O)c(Br)n2)CC1.CCN1CCN(c2ccc3oc([C@@]4(CN5Cc6ccc(OCC7CC7)c(F)c6C5=O)NC(=O)NC4=O)cc3n2)CC1.Cl. The average Bonchev–Trinajstić information content (AvgIpc) is 4.41. The number of rotatable bonds is 15. The van der Waals surface area contributed by atoms with Crippen LogP contribution in [0.3, 0.4) is 0 Å². The standard InChI is InChI=1S/C29H31FN6O5.C18H16FN3O4.C11H16BrN3O.ClH/c1-2-34-9-11-35(12-10-34)23-8-7-20-19(31-23)13-22(41-20)29(27(38)32-28(39)33-29)16-36-14-18-5-6-21(40-15-17-3-4-17)25(30)24(18)26(36)37;1-2-18(16(24)20-17(25)21-18)9-22-7-11-5-6-12(26-8-10-3-4-10)14(19)13(11)15(22)23;1-2-14-5-7-15(8-6-14)10-4-3-9(16)11(12)13-10;/h5-8,13,17H,2-4,9-12,14-16H2,1H3,(H2,32,33,38,39);1,5-6,10H,3-4,7-9H2,(H2,20,21,24,25);3-4,16H,2,5-8H2,1H3;1H/t29-;18-;;/m10../s1. The number of imide groups is 2. The van der Waals surface area contributed by atoms with Crippen molar-refractivity contribution in [1.29, 1.82) is 0 Å². The van der Waals surface area contributed by atoms with Crippen molar-refractivity contribution in [3.05, 3.63) is 98.8 Å². The molecule has 84 heavy (non-hydrogen) atoms. The molecule has 0 spiro atoms. The van der Waals surface area contributed by atoms with Crippen LogP contribution in [0, 0.1) is 35.8 Å². The van der Waals surface area contributed by atoms with E-state index in [9.17, 15) is 38.3 Å². The molecule has 26 heteroatoms. The van der Waals surface area contributed by atoms with E-state index in [4.69, 9.17) is 25.3 Å². The second-order valence-corrected chi connectivity index (χ2v) is 22.7. The van der Waals surface area contributed by atoms with E-state index in [1.54, 1.807) is 30.3 Å². The molecule has 8 aliphatic rings. The molecule has 5 aromatic rings. The fourth-order valence-electron chi connectivity index (χ4n) is 10.9. The Hall–Kier alpha value is -7.79. The maximum Gasteiger partial charge on any atom is 0.323 e. The highest BCUT2D eigenvalue weighted by molar-refractivity contribution is 9.10. The van der Waals surface area contributed by atoms with Crippen molar-refractivity contribution in [3.63, 3.8) is 0 Å². The number of anilines is 2. The van der Waals surface area contributed by atoms with E-state index >= 15 is 4.39 Å². The van der Waals surface area contributed by atoms with Gasteiger partial charge in [0.15, 0.2) is 39.8 Å². The van der Waals surface area contributed by atoms with Crippen LogP contribution >= 0.6 is 28.3 Å². The van der Waals surface area contributed by atoms with Crippen molar-refractivity contribution >= 4 is 86.8 Å². The first-order chi connectivity index (χ1) is 40.0. The molecule has 6 fully saturated rings. The number of halogens is 4. The molecule has 22 nitrogen and oxygen atoms in total. The van der Waals surface area contributed by atoms with Crippen LogP contribution in [0.25, 0.3) is 11.1 Å². The van der Waals surface area contributed by atoms with Crippen molar-refractivity contribution in [2.24, 2.45) is 11.8 Å². The molecule has 2 saturated carbocycles. The molecule has 3 aromatic heterocycles. The van der Waals surface area contributed by atoms with E-state index in [1.807, 2.05) is 12.1 Å². The van der Waals surface area contributed by atoms with Crippen LogP contribution < -0.4 is 40.5 Å². The number of likely N-dealkylation sites (N-methyl/N-ethyl adjacent to an activating group) is 2. The third-order valence-corrected chi connectivity index (χ3v) is 16.9. The summed E-state index contributed by atoms with van der Waals surface area (Å²) in [6.07, 6.45) is 9.68. The number of aromatic nitrogens is 2. The first kappa shape index (κ1) is 59.4. The molecule has 13 rings (SSSR count). The number of urea groups is 2. The highest BCUT2D eigenvalue weighted by Crippen LogP contribution is 2.39. The van der Waals surface area contributed by atoms with Crippen molar-refractivity contribution in [3.8, 4) is 29.6 Å².